The summed E-state index contributed by atoms with van der Waals surface area (Å²) in [6.45, 7) is 7.96. The molecule has 4 rings (SSSR count). The van der Waals surface area contributed by atoms with E-state index in [4.69, 9.17) is 4.74 Å². The molecule has 1 aliphatic heterocycles. The number of hydrogen-bond acceptors (Lipinski definition) is 6. The van der Waals surface area contributed by atoms with Crippen LogP contribution in [0.5, 0.6) is 0 Å². The van der Waals surface area contributed by atoms with Crippen LogP contribution in [-0.2, 0) is 16.0 Å². The molecule has 7 nitrogen and oxygen atoms in total. The molecule has 1 aromatic carbocycles. The lowest BCUT2D eigenvalue weighted by atomic mass is 9.87. The molecule has 1 N–H and O–H groups in total. The number of piperidine rings is 1. The van der Waals surface area contributed by atoms with Crippen molar-refractivity contribution in [3.05, 3.63) is 45.9 Å². The van der Waals surface area contributed by atoms with Crippen LogP contribution in [0.1, 0.15) is 75.0 Å². The molecule has 2 aromatic rings. The van der Waals surface area contributed by atoms with Crippen LogP contribution in [0.2, 0.25) is 0 Å². The first-order chi connectivity index (χ1) is 18.5. The van der Waals surface area contributed by atoms with Crippen molar-refractivity contribution in [2.24, 2.45) is 11.8 Å². The number of likely N-dealkylation sites (tertiary alicyclic amines) is 1. The van der Waals surface area contributed by atoms with Gasteiger partial charge in [-0.05, 0) is 93.0 Å². The van der Waals surface area contributed by atoms with Gasteiger partial charge < -0.3 is 10.1 Å². The predicted molar refractivity (Wildman–Crippen MR) is 148 cm³/mol. The van der Waals surface area contributed by atoms with Gasteiger partial charge in [-0.3, -0.25) is 14.5 Å². The van der Waals surface area contributed by atoms with Crippen LogP contribution < -0.4 is 5.32 Å². The standard InChI is InChI=1S/C30H36FN3O4S/c1-5-10-33-28(36)26-15-22(17-39-26)19-6-7-20(24(31)14-19)11-18(16-32)12-25(35)27-21-8-9-23(13-21)34(27)29(37)38-30(2,3)4/h6-7,14-15,17-18,21,23,27H,5,8-13H2,1-4H3,(H,33,36)/t18-,21+,23-,27+/m1/s1. The average Bonchev–Trinajstić information content (AvgIpc) is 3.63. The van der Waals surface area contributed by atoms with Gasteiger partial charge >= 0.3 is 6.09 Å². The molecule has 2 amide bonds. The van der Waals surface area contributed by atoms with Gasteiger partial charge in [0.15, 0.2) is 5.78 Å². The number of hydrogen-bond donors (Lipinski definition) is 1. The molecule has 4 atom stereocenters. The van der Waals surface area contributed by atoms with Gasteiger partial charge in [-0.25, -0.2) is 9.18 Å². The van der Waals surface area contributed by atoms with Crippen molar-refractivity contribution in [1.29, 1.82) is 5.26 Å². The van der Waals surface area contributed by atoms with Crippen LogP contribution in [0, 0.1) is 29.0 Å². The Morgan fingerprint density at radius 1 is 1.23 bits per heavy atom. The molecular formula is C30H36FN3O4S. The number of rotatable bonds is 9. The number of nitriles is 1. The largest absolute Gasteiger partial charge is 0.444 e. The number of fused-ring (bicyclic) bond motifs is 2. The minimum absolute atomic E-state index is 0.0142. The number of Topliss-reactive ketones (excluding diaryl/α,β-unsaturated/α-hetero) is 1. The maximum Gasteiger partial charge on any atom is 0.411 e. The van der Waals surface area contributed by atoms with Crippen LogP contribution in [0.4, 0.5) is 9.18 Å². The number of ketones is 1. The highest BCUT2D eigenvalue weighted by molar-refractivity contribution is 7.12. The summed E-state index contributed by atoms with van der Waals surface area (Å²) >= 11 is 1.30. The van der Waals surface area contributed by atoms with Gasteiger partial charge in [0.25, 0.3) is 5.91 Å². The van der Waals surface area contributed by atoms with Crippen LogP contribution in [0.25, 0.3) is 11.1 Å². The molecular weight excluding hydrogens is 517 g/mol. The third kappa shape index (κ3) is 6.67. The number of carbonyl (C=O) groups excluding carboxylic acids is 3. The van der Waals surface area contributed by atoms with Gasteiger partial charge in [0.2, 0.25) is 0 Å². The molecule has 1 aromatic heterocycles. The first-order valence-electron chi connectivity index (χ1n) is 13.6. The maximum absolute atomic E-state index is 15.1. The zero-order chi connectivity index (χ0) is 28.3. The van der Waals surface area contributed by atoms with Crippen LogP contribution in [0.3, 0.4) is 0 Å². The summed E-state index contributed by atoms with van der Waals surface area (Å²) in [6, 6.07) is 8.12. The van der Waals surface area contributed by atoms with Gasteiger partial charge in [-0.1, -0.05) is 19.1 Å². The van der Waals surface area contributed by atoms with Crippen molar-refractivity contribution in [2.75, 3.05) is 6.54 Å². The van der Waals surface area contributed by atoms with Gasteiger partial charge in [0.05, 0.1) is 22.9 Å². The zero-order valence-electron chi connectivity index (χ0n) is 23.0. The molecule has 2 heterocycles. The Balaban J connectivity index is 1.42. The van der Waals surface area contributed by atoms with Crippen LogP contribution >= 0.6 is 11.3 Å². The number of halogens is 1. The fraction of sp³-hybridized carbons (Fsp3) is 0.533. The summed E-state index contributed by atoms with van der Waals surface area (Å²) in [5.41, 5.74) is 1.07. The maximum atomic E-state index is 15.1. The van der Waals surface area contributed by atoms with E-state index in [1.165, 1.54) is 17.4 Å². The summed E-state index contributed by atoms with van der Waals surface area (Å²) in [5.74, 6) is -1.41. The molecule has 39 heavy (non-hydrogen) atoms. The SMILES string of the molecule is CCCNC(=O)c1cc(-c2ccc(C[C@@H](C#N)CC(=O)[C@@H]3[C@H]4CC[C@H](C4)N3C(=O)OC(C)(C)C)c(F)c2)cs1. The van der Waals surface area contributed by atoms with Crippen molar-refractivity contribution in [3.63, 3.8) is 0 Å². The van der Waals surface area contributed by atoms with Crippen molar-refractivity contribution in [2.45, 2.75) is 83.9 Å². The quantitative estimate of drug-likeness (QED) is 0.403. The van der Waals surface area contributed by atoms with Gasteiger partial charge in [0.1, 0.15) is 11.4 Å². The molecule has 1 saturated carbocycles. The second kappa shape index (κ2) is 11.9. The van der Waals surface area contributed by atoms with E-state index in [-0.39, 0.29) is 36.5 Å². The highest BCUT2D eigenvalue weighted by Gasteiger charge is 2.52. The summed E-state index contributed by atoms with van der Waals surface area (Å²) in [4.78, 5) is 40.7. The van der Waals surface area contributed by atoms with E-state index in [1.807, 2.05) is 12.3 Å². The molecule has 2 fully saturated rings. The van der Waals surface area contributed by atoms with Crippen molar-refractivity contribution < 1.29 is 23.5 Å². The monoisotopic (exact) mass is 553 g/mol. The molecule has 0 radical (unpaired) electrons. The smallest absolute Gasteiger partial charge is 0.411 e. The molecule has 1 saturated heterocycles. The van der Waals surface area contributed by atoms with E-state index in [2.05, 4.69) is 11.4 Å². The lowest BCUT2D eigenvalue weighted by molar-refractivity contribution is -0.126. The van der Waals surface area contributed by atoms with Crippen LogP contribution in [-0.4, -0.2) is 46.9 Å². The molecule has 208 valence electrons. The molecule has 2 bridgehead atoms. The molecule has 1 aliphatic carbocycles. The normalized spacial score (nSPS) is 20.9. The van der Waals surface area contributed by atoms with E-state index in [0.717, 1.165) is 31.2 Å². The summed E-state index contributed by atoms with van der Waals surface area (Å²) in [5, 5.41) is 14.5. The Labute approximate surface area is 233 Å². The van der Waals surface area contributed by atoms with Gasteiger partial charge in [-0.15, -0.1) is 11.3 Å². The predicted octanol–water partition coefficient (Wildman–Crippen LogP) is 6.12. The van der Waals surface area contributed by atoms with Crippen molar-refractivity contribution in [1.82, 2.24) is 10.2 Å². The number of amides is 2. The first kappa shape index (κ1) is 28.8. The Kier molecular flexibility index (Phi) is 8.75. The van der Waals surface area contributed by atoms with Crippen molar-refractivity contribution >= 4 is 29.1 Å². The second-order valence-electron chi connectivity index (χ2n) is 11.5. The Morgan fingerprint density at radius 3 is 2.67 bits per heavy atom. The lowest BCUT2D eigenvalue weighted by Gasteiger charge is -2.35. The number of benzene rings is 1. The molecule has 2 aliphatic rings. The second-order valence-corrected chi connectivity index (χ2v) is 12.4. The average molecular weight is 554 g/mol. The number of carbonyl (C=O) groups is 3. The van der Waals surface area contributed by atoms with Gasteiger partial charge in [0, 0.05) is 19.0 Å². The van der Waals surface area contributed by atoms with Gasteiger partial charge in [-0.2, -0.15) is 5.26 Å². The Hall–Kier alpha value is -3.25. The Morgan fingerprint density at radius 2 is 2.00 bits per heavy atom. The fourth-order valence-corrected chi connectivity index (χ4v) is 6.43. The first-order valence-corrected chi connectivity index (χ1v) is 14.5. The zero-order valence-corrected chi connectivity index (χ0v) is 23.8. The summed E-state index contributed by atoms with van der Waals surface area (Å²) in [7, 11) is 0. The summed E-state index contributed by atoms with van der Waals surface area (Å²) < 4.78 is 20.7. The van der Waals surface area contributed by atoms with E-state index in [9.17, 15) is 19.6 Å². The van der Waals surface area contributed by atoms with E-state index >= 15 is 4.39 Å². The number of nitrogens with zero attached hydrogens (tertiary/aromatic N) is 2. The third-order valence-corrected chi connectivity index (χ3v) is 8.29. The topological polar surface area (TPSA) is 99.5 Å². The minimum atomic E-state index is -0.715. The number of ether oxygens (including phenoxy) is 1. The van der Waals surface area contributed by atoms with Crippen LogP contribution in [0.15, 0.2) is 29.6 Å². The molecule has 0 spiro atoms. The lowest BCUT2D eigenvalue weighted by Crippen LogP contribution is -2.51. The van der Waals surface area contributed by atoms with E-state index in [0.29, 0.717) is 22.5 Å². The highest BCUT2D eigenvalue weighted by Crippen LogP contribution is 2.44. The molecule has 9 heteroatoms. The molecule has 0 unspecified atom stereocenters. The number of nitrogens with one attached hydrogen (secondary N) is 1. The van der Waals surface area contributed by atoms with E-state index < -0.39 is 29.5 Å². The number of thiophene rings is 1. The third-order valence-electron chi connectivity index (χ3n) is 7.36. The van der Waals surface area contributed by atoms with Crippen molar-refractivity contribution in [3.8, 4) is 17.2 Å². The fourth-order valence-electron chi connectivity index (χ4n) is 5.60. The van der Waals surface area contributed by atoms with E-state index in [1.54, 1.807) is 43.9 Å². The Bertz CT molecular complexity index is 1280. The summed E-state index contributed by atoms with van der Waals surface area (Å²) in [6.07, 6.45) is 2.90. The highest BCUT2D eigenvalue weighted by atomic mass is 32.1. The minimum Gasteiger partial charge on any atom is -0.444 e.